The van der Waals surface area contributed by atoms with Gasteiger partial charge >= 0.3 is 5.63 Å². The summed E-state index contributed by atoms with van der Waals surface area (Å²) >= 11 is 1.60. The zero-order chi connectivity index (χ0) is 18.5. The third-order valence-electron chi connectivity index (χ3n) is 4.06. The summed E-state index contributed by atoms with van der Waals surface area (Å²) in [5.41, 5.74) is 0.631. The molecule has 0 aliphatic carbocycles. The molecule has 0 aliphatic heterocycles. The van der Waals surface area contributed by atoms with Gasteiger partial charge in [0.05, 0.1) is 13.1 Å². The van der Waals surface area contributed by atoms with Crippen LogP contribution in [0.25, 0.3) is 11.0 Å². The molecule has 1 amide bonds. The maximum atomic E-state index is 12.2. The quantitative estimate of drug-likeness (QED) is 0.623. The second-order valence-corrected chi connectivity index (χ2v) is 6.96. The van der Waals surface area contributed by atoms with Crippen molar-refractivity contribution < 1.29 is 14.3 Å². The van der Waals surface area contributed by atoms with E-state index in [9.17, 15) is 14.7 Å². The van der Waals surface area contributed by atoms with Crippen molar-refractivity contribution in [3.8, 4) is 5.75 Å². The van der Waals surface area contributed by atoms with Gasteiger partial charge in [0.15, 0.2) is 0 Å². The zero-order valence-electron chi connectivity index (χ0n) is 14.4. The number of aromatic hydroxyl groups is 1. The van der Waals surface area contributed by atoms with Crippen molar-refractivity contribution in [2.24, 2.45) is 0 Å². The fourth-order valence-corrected chi connectivity index (χ4v) is 3.37. The number of hydrogen-bond donors (Lipinski definition) is 2. The summed E-state index contributed by atoms with van der Waals surface area (Å²) < 4.78 is 5.15. The van der Waals surface area contributed by atoms with Crippen LogP contribution in [0.1, 0.15) is 17.4 Å². The van der Waals surface area contributed by atoms with Gasteiger partial charge in [-0.05, 0) is 35.7 Å². The van der Waals surface area contributed by atoms with Crippen LogP contribution in [0.15, 0.2) is 51.0 Å². The molecule has 136 valence electrons. The van der Waals surface area contributed by atoms with Gasteiger partial charge < -0.3 is 14.8 Å². The average Bonchev–Trinajstić information content (AvgIpc) is 3.12. The van der Waals surface area contributed by atoms with Crippen molar-refractivity contribution >= 4 is 28.2 Å². The molecule has 0 atom stereocenters. The minimum atomic E-state index is -0.476. The molecule has 0 spiro atoms. The Balaban J connectivity index is 1.70. The highest BCUT2D eigenvalue weighted by atomic mass is 32.1. The highest BCUT2D eigenvalue weighted by Gasteiger charge is 2.13. The minimum absolute atomic E-state index is 0.0399. The molecule has 2 N–H and O–H groups in total. The number of carbonyl (C=O) groups excluding carboxylic acids is 1. The topological polar surface area (TPSA) is 82.8 Å². The fraction of sp³-hybridized carbons (Fsp3) is 0.263. The summed E-state index contributed by atoms with van der Waals surface area (Å²) in [6.45, 7) is 3.82. The van der Waals surface area contributed by atoms with Crippen molar-refractivity contribution in [3.63, 3.8) is 0 Å². The number of amides is 1. The lowest BCUT2D eigenvalue weighted by atomic mass is 10.1. The van der Waals surface area contributed by atoms with Crippen LogP contribution < -0.4 is 10.9 Å². The SMILES string of the molecule is CCN(CC(=O)NCc1cccs1)Cc1cc(=O)oc2cc(O)ccc12. The molecule has 1 aromatic carbocycles. The summed E-state index contributed by atoms with van der Waals surface area (Å²) in [6, 6.07) is 10.1. The van der Waals surface area contributed by atoms with Gasteiger partial charge in [0.2, 0.25) is 5.91 Å². The van der Waals surface area contributed by atoms with Crippen molar-refractivity contribution in [2.45, 2.75) is 20.0 Å². The number of fused-ring (bicyclic) bond motifs is 1. The van der Waals surface area contributed by atoms with E-state index in [4.69, 9.17) is 4.42 Å². The Labute approximate surface area is 154 Å². The van der Waals surface area contributed by atoms with E-state index in [-0.39, 0.29) is 18.2 Å². The first kappa shape index (κ1) is 18.2. The first-order valence-electron chi connectivity index (χ1n) is 8.32. The number of hydrogen-bond acceptors (Lipinski definition) is 6. The van der Waals surface area contributed by atoms with Crippen molar-refractivity contribution in [1.29, 1.82) is 0 Å². The number of likely N-dealkylation sites (N-methyl/N-ethyl adjacent to an activating group) is 1. The Hall–Kier alpha value is -2.64. The second kappa shape index (κ2) is 8.16. The molecule has 26 heavy (non-hydrogen) atoms. The number of carbonyl (C=O) groups is 1. The fourth-order valence-electron chi connectivity index (χ4n) is 2.73. The first-order valence-corrected chi connectivity index (χ1v) is 9.20. The molecule has 7 heteroatoms. The first-order chi connectivity index (χ1) is 12.5. The van der Waals surface area contributed by atoms with E-state index < -0.39 is 5.63 Å². The molecule has 0 saturated heterocycles. The van der Waals surface area contributed by atoms with Gasteiger partial charge in [-0.1, -0.05) is 13.0 Å². The van der Waals surface area contributed by atoms with Crippen LogP contribution in [0.5, 0.6) is 5.75 Å². The molecule has 0 radical (unpaired) electrons. The maximum absolute atomic E-state index is 12.2. The van der Waals surface area contributed by atoms with Crippen molar-refractivity contribution in [1.82, 2.24) is 10.2 Å². The molecule has 0 aliphatic rings. The summed E-state index contributed by atoms with van der Waals surface area (Å²) in [4.78, 5) is 27.1. The summed E-state index contributed by atoms with van der Waals surface area (Å²) in [5, 5.41) is 15.2. The third kappa shape index (κ3) is 4.50. The molecule has 0 fully saturated rings. The summed E-state index contributed by atoms with van der Waals surface area (Å²) in [5.74, 6) is -0.0248. The Morgan fingerprint density at radius 1 is 1.31 bits per heavy atom. The van der Waals surface area contributed by atoms with Gasteiger partial charge in [-0.2, -0.15) is 0 Å². The largest absolute Gasteiger partial charge is 0.508 e. The minimum Gasteiger partial charge on any atom is -0.508 e. The van der Waals surface area contributed by atoms with E-state index in [1.54, 1.807) is 23.5 Å². The maximum Gasteiger partial charge on any atom is 0.336 e. The molecule has 0 saturated carbocycles. The Kier molecular flexibility index (Phi) is 5.70. The van der Waals surface area contributed by atoms with Gasteiger partial charge in [0, 0.05) is 28.9 Å². The van der Waals surface area contributed by atoms with Crippen LogP contribution >= 0.6 is 11.3 Å². The highest BCUT2D eigenvalue weighted by Crippen LogP contribution is 2.22. The molecule has 2 aromatic heterocycles. The molecule has 0 bridgehead atoms. The predicted octanol–water partition coefficient (Wildman–Crippen LogP) is 2.70. The van der Waals surface area contributed by atoms with Crippen LogP contribution in [0.4, 0.5) is 0 Å². The van der Waals surface area contributed by atoms with E-state index in [1.165, 1.54) is 12.1 Å². The third-order valence-corrected chi connectivity index (χ3v) is 4.94. The molecule has 6 nitrogen and oxygen atoms in total. The lowest BCUT2D eigenvalue weighted by molar-refractivity contribution is -0.122. The number of phenolic OH excluding ortho intramolecular Hbond substituents is 1. The van der Waals surface area contributed by atoms with E-state index in [2.05, 4.69) is 5.32 Å². The second-order valence-electron chi connectivity index (χ2n) is 5.93. The van der Waals surface area contributed by atoms with Gasteiger partial charge in [0.25, 0.3) is 0 Å². The van der Waals surface area contributed by atoms with Crippen LogP contribution in [-0.4, -0.2) is 29.0 Å². The number of phenols is 1. The Morgan fingerprint density at radius 2 is 2.15 bits per heavy atom. The lowest BCUT2D eigenvalue weighted by Gasteiger charge is -2.20. The lowest BCUT2D eigenvalue weighted by Crippen LogP contribution is -2.36. The highest BCUT2D eigenvalue weighted by molar-refractivity contribution is 7.09. The van der Waals surface area contributed by atoms with Crippen LogP contribution in [0.3, 0.4) is 0 Å². The number of rotatable bonds is 7. The van der Waals surface area contributed by atoms with Crippen LogP contribution in [-0.2, 0) is 17.9 Å². The average molecular weight is 372 g/mol. The predicted molar refractivity (Wildman–Crippen MR) is 101 cm³/mol. The van der Waals surface area contributed by atoms with E-state index in [0.717, 1.165) is 15.8 Å². The van der Waals surface area contributed by atoms with Gasteiger partial charge in [-0.3, -0.25) is 9.69 Å². The van der Waals surface area contributed by atoms with E-state index in [0.29, 0.717) is 25.2 Å². The van der Waals surface area contributed by atoms with Gasteiger partial charge in [0.1, 0.15) is 11.3 Å². The Bertz CT molecular complexity index is 950. The van der Waals surface area contributed by atoms with Gasteiger partial charge in [-0.15, -0.1) is 11.3 Å². The van der Waals surface area contributed by atoms with Crippen molar-refractivity contribution in [2.75, 3.05) is 13.1 Å². The molecule has 3 rings (SSSR count). The zero-order valence-corrected chi connectivity index (χ0v) is 15.2. The van der Waals surface area contributed by atoms with Crippen LogP contribution in [0.2, 0.25) is 0 Å². The monoisotopic (exact) mass is 372 g/mol. The molecular weight excluding hydrogens is 352 g/mol. The smallest absolute Gasteiger partial charge is 0.336 e. The number of nitrogens with one attached hydrogen (secondary N) is 1. The standard InChI is InChI=1S/C19H20N2O4S/c1-2-21(12-18(23)20-10-15-4-3-7-26-15)11-13-8-19(24)25-17-9-14(22)5-6-16(13)17/h3-9,22H,2,10-12H2,1H3,(H,20,23). The number of nitrogens with zero attached hydrogens (tertiary/aromatic N) is 1. The Morgan fingerprint density at radius 3 is 2.88 bits per heavy atom. The molecule has 3 aromatic rings. The normalized spacial score (nSPS) is 11.2. The summed E-state index contributed by atoms with van der Waals surface area (Å²) in [7, 11) is 0. The molecule has 0 unspecified atom stereocenters. The van der Waals surface area contributed by atoms with E-state index in [1.807, 2.05) is 29.3 Å². The molecular formula is C19H20N2O4S. The van der Waals surface area contributed by atoms with Crippen molar-refractivity contribution in [3.05, 3.63) is 62.6 Å². The van der Waals surface area contributed by atoms with Gasteiger partial charge in [-0.25, -0.2) is 4.79 Å². The van der Waals surface area contributed by atoms with Crippen LogP contribution in [0, 0.1) is 0 Å². The summed E-state index contributed by atoms with van der Waals surface area (Å²) in [6.07, 6.45) is 0. The van der Waals surface area contributed by atoms with E-state index >= 15 is 0 Å². The number of thiophene rings is 1. The molecule has 2 heterocycles. The number of benzene rings is 1.